The van der Waals surface area contributed by atoms with Gasteiger partial charge in [-0.3, -0.25) is 9.79 Å². The van der Waals surface area contributed by atoms with Crippen molar-refractivity contribution < 1.29 is 9.21 Å². The van der Waals surface area contributed by atoms with E-state index in [0.29, 0.717) is 24.8 Å². The van der Waals surface area contributed by atoms with Crippen molar-refractivity contribution in [1.29, 1.82) is 0 Å². The third-order valence-electron chi connectivity index (χ3n) is 5.68. The normalized spacial score (nSPS) is 19.2. The van der Waals surface area contributed by atoms with Gasteiger partial charge in [0, 0.05) is 39.3 Å². The first-order chi connectivity index (χ1) is 13.7. The predicted octanol–water partition coefficient (Wildman–Crippen LogP) is 2.74. The fourth-order valence-corrected chi connectivity index (χ4v) is 4.03. The molecule has 0 radical (unpaired) electrons. The van der Waals surface area contributed by atoms with Crippen LogP contribution in [0.15, 0.2) is 27.8 Å². The van der Waals surface area contributed by atoms with Gasteiger partial charge < -0.3 is 24.4 Å². The molecule has 0 unspecified atom stereocenters. The zero-order valence-corrected chi connectivity index (χ0v) is 20.1. The Labute approximate surface area is 191 Å². The molecule has 0 atom stereocenters. The molecule has 164 valence electrons. The van der Waals surface area contributed by atoms with Crippen LogP contribution < -0.4 is 5.32 Å². The topological polar surface area (TPSA) is 64.3 Å². The molecular weight excluding hydrogens is 481 g/mol. The number of guanidine groups is 1. The largest absolute Gasteiger partial charge is 0.459 e. The van der Waals surface area contributed by atoms with Crippen LogP contribution >= 0.6 is 24.0 Å². The molecule has 2 aliphatic heterocycles. The molecule has 1 N–H and O–H groups in total. The molecule has 0 saturated carbocycles. The van der Waals surface area contributed by atoms with E-state index in [2.05, 4.69) is 29.0 Å². The van der Waals surface area contributed by atoms with Gasteiger partial charge in [-0.05, 0) is 63.9 Å². The van der Waals surface area contributed by atoms with E-state index >= 15 is 0 Å². The fraction of sp³-hybridized carbons (Fsp3) is 0.714. The first kappa shape index (κ1) is 24.0. The SMILES string of the molecule is CCCN1CCC(CN=C(NCC)N2CCN(C(=O)c3ccco3)CC2)CC1.I. The zero-order chi connectivity index (χ0) is 19.8. The van der Waals surface area contributed by atoms with Gasteiger partial charge in [0.25, 0.3) is 5.91 Å². The number of amides is 1. The molecule has 1 amide bonds. The molecule has 1 aromatic heterocycles. The van der Waals surface area contributed by atoms with Crippen LogP contribution in [-0.4, -0.2) is 85.5 Å². The van der Waals surface area contributed by atoms with Gasteiger partial charge in [-0.15, -0.1) is 24.0 Å². The minimum absolute atomic E-state index is 0. The Kier molecular flexibility index (Phi) is 10.3. The molecule has 2 aliphatic rings. The average Bonchev–Trinajstić information content (AvgIpc) is 3.27. The highest BCUT2D eigenvalue weighted by molar-refractivity contribution is 14.0. The number of aliphatic imine (C=N–C) groups is 1. The van der Waals surface area contributed by atoms with Crippen LogP contribution in [0.25, 0.3) is 0 Å². The second kappa shape index (κ2) is 12.4. The Hall–Kier alpha value is -1.29. The molecule has 3 rings (SSSR count). The van der Waals surface area contributed by atoms with Crippen molar-refractivity contribution in [2.75, 3.05) is 58.9 Å². The number of halogens is 1. The highest BCUT2D eigenvalue weighted by Crippen LogP contribution is 2.18. The number of rotatable bonds is 6. The molecule has 0 aliphatic carbocycles. The number of carbonyl (C=O) groups excluding carboxylic acids is 1. The first-order valence-corrected chi connectivity index (χ1v) is 10.8. The molecule has 0 aromatic carbocycles. The number of carbonyl (C=O) groups is 1. The van der Waals surface area contributed by atoms with Crippen molar-refractivity contribution >= 4 is 35.8 Å². The van der Waals surface area contributed by atoms with Gasteiger partial charge in [-0.25, -0.2) is 0 Å². The van der Waals surface area contributed by atoms with E-state index < -0.39 is 0 Å². The number of likely N-dealkylation sites (tertiary alicyclic amines) is 1. The molecule has 2 fully saturated rings. The third kappa shape index (κ3) is 6.87. The molecule has 29 heavy (non-hydrogen) atoms. The Balaban J connectivity index is 0.00000300. The van der Waals surface area contributed by atoms with Crippen LogP contribution in [0.2, 0.25) is 0 Å². The standard InChI is InChI=1S/C21H35N5O2.HI/c1-3-9-24-10-7-18(8-11-24)17-23-21(22-4-2)26-14-12-25(13-15-26)20(27)19-6-5-16-28-19;/h5-6,16,18H,3-4,7-15,17H2,1-2H3,(H,22,23);1H. The van der Waals surface area contributed by atoms with E-state index in [1.165, 1.54) is 38.9 Å². The summed E-state index contributed by atoms with van der Waals surface area (Å²) in [5.74, 6) is 2.07. The summed E-state index contributed by atoms with van der Waals surface area (Å²) >= 11 is 0. The summed E-state index contributed by atoms with van der Waals surface area (Å²) in [5, 5.41) is 3.44. The number of piperidine rings is 1. The second-order valence-corrected chi connectivity index (χ2v) is 7.74. The van der Waals surface area contributed by atoms with Crippen molar-refractivity contribution in [2.24, 2.45) is 10.9 Å². The van der Waals surface area contributed by atoms with Gasteiger partial charge in [0.05, 0.1) is 6.26 Å². The van der Waals surface area contributed by atoms with Crippen molar-refractivity contribution in [1.82, 2.24) is 20.0 Å². The minimum Gasteiger partial charge on any atom is -0.459 e. The minimum atomic E-state index is -0.0228. The van der Waals surface area contributed by atoms with Crippen molar-refractivity contribution in [3.05, 3.63) is 24.2 Å². The number of nitrogens with one attached hydrogen (secondary N) is 1. The van der Waals surface area contributed by atoms with E-state index in [1.807, 2.05) is 4.90 Å². The Morgan fingerprint density at radius 2 is 1.83 bits per heavy atom. The molecule has 1 aromatic rings. The van der Waals surface area contributed by atoms with Gasteiger partial charge in [-0.2, -0.15) is 0 Å². The average molecular weight is 517 g/mol. The van der Waals surface area contributed by atoms with Gasteiger partial charge in [0.2, 0.25) is 0 Å². The number of hydrogen-bond acceptors (Lipinski definition) is 4. The van der Waals surface area contributed by atoms with E-state index in [1.54, 1.807) is 18.4 Å². The van der Waals surface area contributed by atoms with E-state index in [0.717, 1.165) is 32.1 Å². The maximum absolute atomic E-state index is 12.4. The summed E-state index contributed by atoms with van der Waals surface area (Å²) in [6.45, 7) is 12.7. The number of hydrogen-bond donors (Lipinski definition) is 1. The lowest BCUT2D eigenvalue weighted by atomic mass is 9.97. The van der Waals surface area contributed by atoms with Gasteiger partial charge in [0.15, 0.2) is 11.7 Å². The van der Waals surface area contributed by atoms with E-state index in [9.17, 15) is 4.79 Å². The Morgan fingerprint density at radius 1 is 1.14 bits per heavy atom. The summed E-state index contributed by atoms with van der Waals surface area (Å²) < 4.78 is 5.25. The molecule has 0 spiro atoms. The first-order valence-electron chi connectivity index (χ1n) is 10.8. The maximum atomic E-state index is 12.4. The molecule has 8 heteroatoms. The second-order valence-electron chi connectivity index (χ2n) is 7.74. The predicted molar refractivity (Wildman–Crippen MR) is 127 cm³/mol. The monoisotopic (exact) mass is 517 g/mol. The Morgan fingerprint density at radius 3 is 2.41 bits per heavy atom. The van der Waals surface area contributed by atoms with Crippen LogP contribution in [-0.2, 0) is 0 Å². The summed E-state index contributed by atoms with van der Waals surface area (Å²) in [6, 6.07) is 3.48. The maximum Gasteiger partial charge on any atom is 0.289 e. The quantitative estimate of drug-likeness (QED) is 0.357. The van der Waals surface area contributed by atoms with Crippen LogP contribution in [0.3, 0.4) is 0 Å². The van der Waals surface area contributed by atoms with Crippen molar-refractivity contribution in [3.63, 3.8) is 0 Å². The number of furan rings is 1. The van der Waals surface area contributed by atoms with E-state index in [-0.39, 0.29) is 29.9 Å². The summed E-state index contributed by atoms with van der Waals surface area (Å²) in [5.41, 5.74) is 0. The molecule has 3 heterocycles. The molecular formula is C21H36IN5O2. The zero-order valence-electron chi connectivity index (χ0n) is 17.8. The van der Waals surface area contributed by atoms with E-state index in [4.69, 9.17) is 9.41 Å². The third-order valence-corrected chi connectivity index (χ3v) is 5.68. The van der Waals surface area contributed by atoms with Gasteiger partial charge >= 0.3 is 0 Å². The number of piperazine rings is 1. The lowest BCUT2D eigenvalue weighted by Crippen LogP contribution is -2.53. The fourth-order valence-electron chi connectivity index (χ4n) is 4.03. The van der Waals surface area contributed by atoms with Gasteiger partial charge in [-0.1, -0.05) is 6.92 Å². The summed E-state index contributed by atoms with van der Waals surface area (Å²) in [6.07, 6.45) is 5.27. The Bertz CT molecular complexity index is 621. The van der Waals surface area contributed by atoms with Crippen LogP contribution in [0.1, 0.15) is 43.7 Å². The lowest BCUT2D eigenvalue weighted by molar-refractivity contribution is 0.0657. The smallest absolute Gasteiger partial charge is 0.289 e. The highest BCUT2D eigenvalue weighted by Gasteiger charge is 2.25. The van der Waals surface area contributed by atoms with Crippen LogP contribution in [0.5, 0.6) is 0 Å². The lowest BCUT2D eigenvalue weighted by Gasteiger charge is -2.36. The van der Waals surface area contributed by atoms with Crippen LogP contribution in [0, 0.1) is 5.92 Å². The molecule has 7 nitrogen and oxygen atoms in total. The van der Waals surface area contributed by atoms with Gasteiger partial charge in [0.1, 0.15) is 0 Å². The summed E-state index contributed by atoms with van der Waals surface area (Å²) in [4.78, 5) is 24.1. The van der Waals surface area contributed by atoms with Crippen molar-refractivity contribution in [2.45, 2.75) is 33.1 Å². The highest BCUT2D eigenvalue weighted by atomic mass is 127. The molecule has 2 saturated heterocycles. The van der Waals surface area contributed by atoms with Crippen LogP contribution in [0.4, 0.5) is 0 Å². The summed E-state index contributed by atoms with van der Waals surface area (Å²) in [7, 11) is 0. The number of nitrogens with zero attached hydrogens (tertiary/aromatic N) is 4. The van der Waals surface area contributed by atoms with Crippen molar-refractivity contribution in [3.8, 4) is 0 Å². The molecule has 0 bridgehead atoms.